The van der Waals surface area contributed by atoms with Crippen molar-refractivity contribution >= 4 is 0 Å². The molecule has 23 heavy (non-hydrogen) atoms. The zero-order chi connectivity index (χ0) is 16.0. The van der Waals surface area contributed by atoms with Crippen molar-refractivity contribution in [2.45, 2.75) is 50.0 Å². The van der Waals surface area contributed by atoms with E-state index in [2.05, 4.69) is 11.4 Å². The summed E-state index contributed by atoms with van der Waals surface area (Å²) in [7, 11) is 5.15. The standard InChI is InChI=1S/C19H27NO3/c1-21-16-11-14-12(17(22-2)18(16)23-3)10-15-13-6-4-5-7-19(13,14)8-9-20-15/h11,13,15,20H,4-10H2,1-3H3/t13-,15+,19+/m0/s1. The maximum Gasteiger partial charge on any atom is 0.203 e. The number of benzene rings is 1. The van der Waals surface area contributed by atoms with E-state index in [9.17, 15) is 0 Å². The van der Waals surface area contributed by atoms with E-state index in [1.54, 1.807) is 21.3 Å². The Hall–Kier alpha value is -1.42. The molecule has 2 fully saturated rings. The minimum Gasteiger partial charge on any atom is -0.493 e. The van der Waals surface area contributed by atoms with E-state index in [1.807, 2.05) is 0 Å². The molecule has 0 radical (unpaired) electrons. The van der Waals surface area contributed by atoms with Gasteiger partial charge in [0.1, 0.15) is 0 Å². The Morgan fingerprint density at radius 2 is 1.87 bits per heavy atom. The zero-order valence-corrected chi connectivity index (χ0v) is 14.4. The largest absolute Gasteiger partial charge is 0.493 e. The van der Waals surface area contributed by atoms with Gasteiger partial charge in [-0.05, 0) is 49.8 Å². The quantitative estimate of drug-likeness (QED) is 0.930. The van der Waals surface area contributed by atoms with E-state index in [0.717, 1.165) is 36.1 Å². The molecule has 1 saturated carbocycles. The van der Waals surface area contributed by atoms with E-state index in [4.69, 9.17) is 14.2 Å². The lowest BCUT2D eigenvalue weighted by Gasteiger charge is -2.56. The van der Waals surface area contributed by atoms with Crippen LogP contribution in [-0.4, -0.2) is 33.9 Å². The van der Waals surface area contributed by atoms with Crippen LogP contribution in [0.3, 0.4) is 0 Å². The molecule has 1 N–H and O–H groups in total. The van der Waals surface area contributed by atoms with Gasteiger partial charge in [0.25, 0.3) is 0 Å². The predicted octanol–water partition coefficient (Wildman–Crippen LogP) is 3.06. The molecule has 4 nitrogen and oxygen atoms in total. The second kappa shape index (κ2) is 5.59. The second-order valence-electron chi connectivity index (χ2n) is 7.19. The van der Waals surface area contributed by atoms with Gasteiger partial charge in [-0.2, -0.15) is 0 Å². The molecular weight excluding hydrogens is 290 g/mol. The number of fused-ring (bicyclic) bond motifs is 1. The molecule has 0 amide bonds. The van der Waals surface area contributed by atoms with Crippen LogP contribution >= 0.6 is 0 Å². The van der Waals surface area contributed by atoms with Gasteiger partial charge < -0.3 is 19.5 Å². The molecule has 1 heterocycles. The van der Waals surface area contributed by atoms with Crippen molar-refractivity contribution in [3.05, 3.63) is 17.2 Å². The highest BCUT2D eigenvalue weighted by atomic mass is 16.5. The van der Waals surface area contributed by atoms with E-state index < -0.39 is 0 Å². The molecule has 0 unspecified atom stereocenters. The summed E-state index contributed by atoms with van der Waals surface area (Å²) >= 11 is 0. The van der Waals surface area contributed by atoms with Gasteiger partial charge in [0.2, 0.25) is 5.75 Å². The normalized spacial score (nSPS) is 31.8. The third-order valence-corrected chi connectivity index (χ3v) is 6.45. The highest BCUT2D eigenvalue weighted by Gasteiger charge is 2.52. The molecule has 4 heteroatoms. The van der Waals surface area contributed by atoms with Crippen molar-refractivity contribution in [2.24, 2.45) is 5.92 Å². The predicted molar refractivity (Wildman–Crippen MR) is 89.8 cm³/mol. The Morgan fingerprint density at radius 3 is 2.61 bits per heavy atom. The number of ether oxygens (including phenoxy) is 3. The number of hydrogen-bond acceptors (Lipinski definition) is 4. The van der Waals surface area contributed by atoms with Crippen LogP contribution < -0.4 is 19.5 Å². The second-order valence-corrected chi connectivity index (χ2v) is 7.19. The third-order valence-electron chi connectivity index (χ3n) is 6.45. The number of hydrogen-bond donors (Lipinski definition) is 1. The van der Waals surface area contributed by atoms with Gasteiger partial charge in [0.15, 0.2) is 11.5 Å². The average Bonchev–Trinajstić information content (AvgIpc) is 2.60. The summed E-state index contributed by atoms with van der Waals surface area (Å²) in [6.45, 7) is 1.12. The highest BCUT2D eigenvalue weighted by molar-refractivity contribution is 5.62. The molecule has 126 valence electrons. The summed E-state index contributed by atoms with van der Waals surface area (Å²) in [6, 6.07) is 2.82. The Balaban J connectivity index is 1.96. The van der Waals surface area contributed by atoms with Gasteiger partial charge in [-0.15, -0.1) is 0 Å². The van der Waals surface area contributed by atoms with Crippen LogP contribution in [-0.2, 0) is 11.8 Å². The van der Waals surface area contributed by atoms with Crippen LogP contribution in [0, 0.1) is 5.92 Å². The highest BCUT2D eigenvalue weighted by Crippen LogP contribution is 2.58. The fraction of sp³-hybridized carbons (Fsp3) is 0.684. The molecule has 0 spiro atoms. The summed E-state index contributed by atoms with van der Waals surface area (Å²) in [6.07, 6.45) is 7.59. The van der Waals surface area contributed by atoms with Gasteiger partial charge in [0, 0.05) is 17.0 Å². The average molecular weight is 317 g/mol. The van der Waals surface area contributed by atoms with Crippen molar-refractivity contribution in [3.8, 4) is 17.2 Å². The molecule has 1 saturated heterocycles. The van der Waals surface area contributed by atoms with Crippen LogP contribution in [0.2, 0.25) is 0 Å². The van der Waals surface area contributed by atoms with Gasteiger partial charge in [-0.25, -0.2) is 0 Å². The van der Waals surface area contributed by atoms with Gasteiger partial charge in [-0.1, -0.05) is 12.8 Å². The first-order chi connectivity index (χ1) is 11.2. The monoisotopic (exact) mass is 317 g/mol. The summed E-state index contributed by atoms with van der Waals surface area (Å²) in [5.74, 6) is 3.16. The zero-order valence-electron chi connectivity index (χ0n) is 14.4. The fourth-order valence-electron chi connectivity index (χ4n) is 5.55. The minimum atomic E-state index is 0.300. The first-order valence-corrected chi connectivity index (χ1v) is 8.81. The molecule has 1 aromatic rings. The first-order valence-electron chi connectivity index (χ1n) is 8.81. The maximum absolute atomic E-state index is 5.79. The molecule has 2 aliphatic carbocycles. The van der Waals surface area contributed by atoms with E-state index in [1.165, 1.54) is 43.2 Å². The van der Waals surface area contributed by atoms with Crippen molar-refractivity contribution in [2.75, 3.05) is 27.9 Å². The Morgan fingerprint density at radius 1 is 1.04 bits per heavy atom. The van der Waals surface area contributed by atoms with Crippen molar-refractivity contribution < 1.29 is 14.2 Å². The SMILES string of the molecule is COc1cc2c(c(OC)c1OC)C[C@H]1NCC[C@@]23CCCC[C@@H]13. The summed E-state index contributed by atoms with van der Waals surface area (Å²) < 4.78 is 17.0. The van der Waals surface area contributed by atoms with Crippen LogP contribution in [0.5, 0.6) is 17.2 Å². The van der Waals surface area contributed by atoms with Gasteiger partial charge >= 0.3 is 0 Å². The lowest BCUT2D eigenvalue weighted by molar-refractivity contribution is 0.0782. The number of rotatable bonds is 3. The Bertz CT molecular complexity index is 611. The first kappa shape index (κ1) is 15.1. The van der Waals surface area contributed by atoms with Crippen molar-refractivity contribution in [1.82, 2.24) is 5.32 Å². The lowest BCUT2D eigenvalue weighted by atomic mass is 9.52. The molecule has 0 aromatic heterocycles. The van der Waals surface area contributed by atoms with E-state index >= 15 is 0 Å². The van der Waals surface area contributed by atoms with Crippen molar-refractivity contribution in [3.63, 3.8) is 0 Å². The topological polar surface area (TPSA) is 39.7 Å². The molecule has 2 bridgehead atoms. The smallest absolute Gasteiger partial charge is 0.203 e. The maximum atomic E-state index is 5.79. The van der Waals surface area contributed by atoms with Crippen LogP contribution in [0.25, 0.3) is 0 Å². The summed E-state index contributed by atoms with van der Waals surface area (Å²) in [4.78, 5) is 0. The third kappa shape index (κ3) is 2.00. The number of methoxy groups -OCH3 is 3. The Labute approximate surface area is 138 Å². The number of nitrogens with one attached hydrogen (secondary N) is 1. The lowest BCUT2D eigenvalue weighted by Crippen LogP contribution is -2.59. The molecule has 3 atom stereocenters. The molecule has 1 aliphatic heterocycles. The van der Waals surface area contributed by atoms with Crippen LogP contribution in [0.15, 0.2) is 6.07 Å². The molecule has 4 rings (SSSR count). The molecule has 1 aromatic carbocycles. The van der Waals surface area contributed by atoms with Gasteiger partial charge in [-0.3, -0.25) is 0 Å². The van der Waals surface area contributed by atoms with Gasteiger partial charge in [0.05, 0.1) is 21.3 Å². The van der Waals surface area contributed by atoms with Crippen LogP contribution in [0.4, 0.5) is 0 Å². The Kier molecular flexibility index (Phi) is 3.67. The molecular formula is C19H27NO3. The number of piperidine rings is 1. The molecule has 3 aliphatic rings. The minimum absolute atomic E-state index is 0.300. The van der Waals surface area contributed by atoms with Crippen LogP contribution in [0.1, 0.15) is 43.2 Å². The van der Waals surface area contributed by atoms with E-state index in [0.29, 0.717) is 11.5 Å². The summed E-state index contributed by atoms with van der Waals surface area (Å²) in [5.41, 5.74) is 3.10. The summed E-state index contributed by atoms with van der Waals surface area (Å²) in [5, 5.41) is 3.78. The van der Waals surface area contributed by atoms with E-state index in [-0.39, 0.29) is 0 Å². The fourth-order valence-corrected chi connectivity index (χ4v) is 5.55. The van der Waals surface area contributed by atoms with Crippen molar-refractivity contribution in [1.29, 1.82) is 0 Å².